The Hall–Kier alpha value is -0.860. The average Bonchev–Trinajstić information content (AvgIpc) is 2.14. The lowest BCUT2D eigenvalue weighted by Gasteiger charge is -2.02. The minimum absolute atomic E-state index is 0. The van der Waals surface area contributed by atoms with Crippen LogP contribution in [0.3, 0.4) is 0 Å². The summed E-state index contributed by atoms with van der Waals surface area (Å²) in [6.45, 7) is 1.99. The van der Waals surface area contributed by atoms with E-state index in [1.54, 1.807) is 7.11 Å². The molecule has 0 bridgehead atoms. The van der Waals surface area contributed by atoms with E-state index < -0.39 is 0 Å². The first-order valence-corrected chi connectivity index (χ1v) is 4.04. The van der Waals surface area contributed by atoms with E-state index in [4.69, 9.17) is 9.47 Å². The predicted molar refractivity (Wildman–Crippen MR) is 54.7 cm³/mol. The van der Waals surface area contributed by atoms with E-state index in [2.05, 4.69) is 0 Å². The highest BCUT2D eigenvalue weighted by molar-refractivity contribution is 5.13. The third kappa shape index (κ3) is 5.39. The van der Waals surface area contributed by atoms with E-state index in [1.807, 2.05) is 30.3 Å². The van der Waals surface area contributed by atoms with Gasteiger partial charge in [0.15, 0.2) is 0 Å². The van der Waals surface area contributed by atoms with Crippen LogP contribution in [0.5, 0.6) is 0 Å². The maximum Gasteiger partial charge on any atom is 0.0718 e. The van der Waals surface area contributed by atoms with Gasteiger partial charge in [-0.3, -0.25) is 0 Å². The second kappa shape index (κ2) is 7.77. The summed E-state index contributed by atoms with van der Waals surface area (Å²) in [6, 6.07) is 10.1. The molecule has 1 aromatic carbocycles. The fourth-order valence-electron chi connectivity index (χ4n) is 0.907. The van der Waals surface area contributed by atoms with Crippen molar-refractivity contribution in [3.63, 3.8) is 0 Å². The van der Waals surface area contributed by atoms with Gasteiger partial charge in [0.1, 0.15) is 0 Å². The van der Waals surface area contributed by atoms with Gasteiger partial charge in [0, 0.05) is 7.11 Å². The zero-order chi connectivity index (χ0) is 8.65. The Morgan fingerprint density at radius 1 is 1.08 bits per heavy atom. The molecule has 0 aliphatic rings. The number of hydrogen-bond donors (Lipinski definition) is 0. The minimum atomic E-state index is 0. The van der Waals surface area contributed by atoms with Crippen molar-refractivity contribution < 1.29 is 9.47 Å². The van der Waals surface area contributed by atoms with Gasteiger partial charge in [-0.25, -0.2) is 0 Å². The predicted octanol–water partition coefficient (Wildman–Crippen LogP) is 2.49. The topological polar surface area (TPSA) is 18.5 Å². The Labute approximate surface area is 80.5 Å². The van der Waals surface area contributed by atoms with Crippen LogP contribution in [-0.4, -0.2) is 20.3 Å². The molecule has 1 aromatic rings. The molecule has 0 heterocycles. The number of ether oxygens (including phenoxy) is 2. The molecule has 0 saturated heterocycles. The Kier molecular flexibility index (Phi) is 7.26. The van der Waals surface area contributed by atoms with E-state index in [9.17, 15) is 0 Å². The largest absolute Gasteiger partial charge is 0.382 e. The molecule has 74 valence electrons. The van der Waals surface area contributed by atoms with Crippen molar-refractivity contribution in [3.05, 3.63) is 35.9 Å². The van der Waals surface area contributed by atoms with Crippen LogP contribution in [0.25, 0.3) is 0 Å². The molecule has 0 aliphatic heterocycles. The molecule has 0 amide bonds. The highest BCUT2D eigenvalue weighted by Gasteiger charge is 1.89. The number of hydrogen-bond acceptors (Lipinski definition) is 2. The second-order valence-corrected chi connectivity index (χ2v) is 2.53. The quantitative estimate of drug-likeness (QED) is 0.651. The van der Waals surface area contributed by atoms with E-state index in [1.165, 1.54) is 5.56 Å². The molecule has 2 nitrogen and oxygen atoms in total. The maximum absolute atomic E-state index is 5.34. The maximum atomic E-state index is 5.34. The lowest BCUT2D eigenvalue weighted by atomic mass is 10.2. The van der Waals surface area contributed by atoms with Crippen molar-refractivity contribution in [2.45, 2.75) is 14.0 Å². The van der Waals surface area contributed by atoms with Crippen molar-refractivity contribution in [2.75, 3.05) is 20.3 Å². The van der Waals surface area contributed by atoms with Crippen LogP contribution in [0, 0.1) is 0 Å². The van der Waals surface area contributed by atoms with Gasteiger partial charge in [-0.2, -0.15) is 0 Å². The van der Waals surface area contributed by atoms with Crippen LogP contribution >= 0.6 is 0 Å². The number of methoxy groups -OCH3 is 1. The summed E-state index contributed by atoms with van der Waals surface area (Å²) in [4.78, 5) is 0. The molecule has 0 spiro atoms. The van der Waals surface area contributed by atoms with Gasteiger partial charge in [0.2, 0.25) is 0 Å². The molecule has 2 heteroatoms. The first kappa shape index (κ1) is 12.1. The molecule has 0 fully saturated rings. The summed E-state index contributed by atoms with van der Waals surface area (Å²) < 4.78 is 10.2. The van der Waals surface area contributed by atoms with Gasteiger partial charge >= 0.3 is 0 Å². The molecule has 0 unspecified atom stereocenters. The van der Waals surface area contributed by atoms with E-state index in [0.717, 1.165) is 0 Å². The Balaban J connectivity index is 0.00000144. The van der Waals surface area contributed by atoms with Gasteiger partial charge < -0.3 is 9.47 Å². The summed E-state index contributed by atoms with van der Waals surface area (Å²) in [5.74, 6) is 0. The van der Waals surface area contributed by atoms with E-state index >= 15 is 0 Å². The Morgan fingerprint density at radius 2 is 1.77 bits per heavy atom. The molecular formula is C11H18O2. The Morgan fingerprint density at radius 3 is 2.38 bits per heavy atom. The average molecular weight is 182 g/mol. The lowest BCUT2D eigenvalue weighted by molar-refractivity contribution is 0.0616. The summed E-state index contributed by atoms with van der Waals surface area (Å²) in [6.07, 6.45) is 0. The van der Waals surface area contributed by atoms with Crippen molar-refractivity contribution in [1.29, 1.82) is 0 Å². The second-order valence-electron chi connectivity index (χ2n) is 2.53. The zero-order valence-corrected chi connectivity index (χ0v) is 7.32. The normalized spacial score (nSPS) is 9.31. The molecule has 13 heavy (non-hydrogen) atoms. The summed E-state index contributed by atoms with van der Waals surface area (Å²) in [7, 11) is 1.67. The van der Waals surface area contributed by atoms with Crippen LogP contribution in [-0.2, 0) is 16.1 Å². The SMILES string of the molecule is C.COCCOCc1ccccc1. The van der Waals surface area contributed by atoms with Gasteiger partial charge in [-0.05, 0) is 5.56 Å². The monoisotopic (exact) mass is 182 g/mol. The van der Waals surface area contributed by atoms with Crippen molar-refractivity contribution in [2.24, 2.45) is 0 Å². The van der Waals surface area contributed by atoms with Crippen LogP contribution < -0.4 is 0 Å². The third-order valence-electron chi connectivity index (χ3n) is 1.54. The molecule has 0 aliphatic carbocycles. The molecule has 0 aromatic heterocycles. The molecule has 1 rings (SSSR count). The van der Waals surface area contributed by atoms with Gasteiger partial charge in [-0.15, -0.1) is 0 Å². The highest BCUT2D eigenvalue weighted by atomic mass is 16.5. The summed E-state index contributed by atoms with van der Waals surface area (Å²) >= 11 is 0. The van der Waals surface area contributed by atoms with Crippen molar-refractivity contribution in [3.8, 4) is 0 Å². The molecule has 0 radical (unpaired) electrons. The van der Waals surface area contributed by atoms with Crippen LogP contribution in [0.2, 0.25) is 0 Å². The number of rotatable bonds is 5. The molecule has 0 saturated carbocycles. The van der Waals surface area contributed by atoms with E-state index in [0.29, 0.717) is 19.8 Å². The highest BCUT2D eigenvalue weighted by Crippen LogP contribution is 1.99. The zero-order valence-electron chi connectivity index (χ0n) is 7.32. The standard InChI is InChI=1S/C10H14O2.CH4/c1-11-7-8-12-9-10-5-3-2-4-6-10;/h2-6H,7-9H2,1H3;1H4. The van der Waals surface area contributed by atoms with Gasteiger partial charge in [0.25, 0.3) is 0 Å². The van der Waals surface area contributed by atoms with Gasteiger partial charge in [0.05, 0.1) is 19.8 Å². The van der Waals surface area contributed by atoms with Crippen LogP contribution in [0.4, 0.5) is 0 Å². The minimum Gasteiger partial charge on any atom is -0.382 e. The number of benzene rings is 1. The summed E-state index contributed by atoms with van der Waals surface area (Å²) in [5, 5.41) is 0. The lowest BCUT2D eigenvalue weighted by Crippen LogP contribution is -2.01. The summed E-state index contributed by atoms with van der Waals surface area (Å²) in [5.41, 5.74) is 1.20. The first-order valence-electron chi connectivity index (χ1n) is 4.04. The van der Waals surface area contributed by atoms with Gasteiger partial charge in [-0.1, -0.05) is 37.8 Å². The van der Waals surface area contributed by atoms with Crippen LogP contribution in [0.15, 0.2) is 30.3 Å². The molecular weight excluding hydrogens is 164 g/mol. The molecule has 0 atom stereocenters. The van der Waals surface area contributed by atoms with E-state index in [-0.39, 0.29) is 7.43 Å². The third-order valence-corrected chi connectivity index (χ3v) is 1.54. The molecule has 0 N–H and O–H groups in total. The fraction of sp³-hybridized carbons (Fsp3) is 0.455. The Bertz CT molecular complexity index is 197. The smallest absolute Gasteiger partial charge is 0.0718 e. The fourth-order valence-corrected chi connectivity index (χ4v) is 0.907. The van der Waals surface area contributed by atoms with Crippen molar-refractivity contribution >= 4 is 0 Å². The van der Waals surface area contributed by atoms with Crippen LogP contribution in [0.1, 0.15) is 13.0 Å². The van der Waals surface area contributed by atoms with Crippen molar-refractivity contribution in [1.82, 2.24) is 0 Å². The first-order chi connectivity index (χ1) is 5.93.